The average molecular weight is 768 g/mol. The molecule has 3 rings (SSSR count). The van der Waals surface area contributed by atoms with E-state index in [1.165, 1.54) is 0 Å². The second-order valence-corrected chi connectivity index (χ2v) is 13.1. The molecule has 16 unspecified atom stereocenters. The molecule has 2 heterocycles. The third kappa shape index (κ3) is 15.3. The molecule has 0 aromatic rings. The summed E-state index contributed by atoms with van der Waals surface area (Å²) in [4.78, 5) is 0. The largest absolute Gasteiger partial charge is 0.394 e. The van der Waals surface area contributed by atoms with Crippen LogP contribution >= 0.6 is 0 Å². The van der Waals surface area contributed by atoms with Crippen molar-refractivity contribution in [1.29, 1.82) is 0 Å². The molecule has 49 heavy (non-hydrogen) atoms. The number of aliphatic hydroxyl groups is 8. The molecule has 0 spiro atoms. The smallest absolute Gasteiger partial charge is 0.394 e. The molecule has 0 amide bonds. The summed E-state index contributed by atoms with van der Waals surface area (Å²) in [6.45, 7) is -0.511. The number of ether oxygens (including phenoxy) is 4. The van der Waals surface area contributed by atoms with Crippen molar-refractivity contribution in [3.63, 3.8) is 0 Å². The van der Waals surface area contributed by atoms with Crippen molar-refractivity contribution in [3.8, 4) is 0 Å². The Kier molecular flexibility index (Phi) is 19.1. The van der Waals surface area contributed by atoms with E-state index in [1.54, 1.807) is 0 Å². The van der Waals surface area contributed by atoms with Crippen LogP contribution in [0.15, 0.2) is 0 Å². The minimum atomic E-state index is -4.67. The third-order valence-corrected chi connectivity index (χ3v) is 7.55. The Bertz CT molecular complexity index is 1130. The Hall–Kier alpha value is -0.940. The lowest BCUT2D eigenvalue weighted by Gasteiger charge is -2.49. The van der Waals surface area contributed by atoms with Gasteiger partial charge in [-0.1, -0.05) is 0 Å². The van der Waals surface area contributed by atoms with Crippen LogP contribution in [0.3, 0.4) is 0 Å². The summed E-state index contributed by atoms with van der Waals surface area (Å²) in [5, 5.41) is 85.6. The lowest BCUT2D eigenvalue weighted by Crippen LogP contribution is -2.69. The lowest BCUT2D eigenvalue weighted by atomic mass is 9.83. The number of rotatable bonds is 11. The Morgan fingerprint density at radius 1 is 0.735 bits per heavy atom. The zero-order valence-electron chi connectivity index (χ0n) is 25.7. The number of nitrogens with one attached hydrogen (secondary N) is 1. The summed E-state index contributed by atoms with van der Waals surface area (Å²) in [5.41, 5.74) is 23.3. The molecule has 2 aliphatic heterocycles. The first-order valence-electron chi connectivity index (χ1n) is 14.5. The summed E-state index contributed by atoms with van der Waals surface area (Å²) >= 11 is 0. The van der Waals surface area contributed by atoms with Gasteiger partial charge in [-0.15, -0.1) is 0 Å². The van der Waals surface area contributed by atoms with Crippen LogP contribution in [0.25, 0.3) is 0 Å². The van der Waals surface area contributed by atoms with Crippen molar-refractivity contribution in [2.75, 3.05) is 26.2 Å². The van der Waals surface area contributed by atoms with Crippen LogP contribution in [-0.2, 0) is 39.7 Å². The van der Waals surface area contributed by atoms with Gasteiger partial charge < -0.3 is 88.1 Å². The molecule has 25 nitrogen and oxygen atoms in total. The number of aliphatic hydroxyl groups excluding tert-OH is 8. The first kappa shape index (κ1) is 46.1. The van der Waals surface area contributed by atoms with Crippen LogP contribution < -0.4 is 28.3 Å². The predicted molar refractivity (Wildman–Crippen MR) is 160 cm³/mol. The average Bonchev–Trinajstić information content (AvgIpc) is 2.98. The minimum absolute atomic E-state index is 0.0605. The molecule has 3 aliphatic rings. The fourth-order valence-electron chi connectivity index (χ4n) is 5.14. The summed E-state index contributed by atoms with van der Waals surface area (Å²) in [5.74, 6) is 0. The second kappa shape index (κ2) is 20.3. The molecule has 1 saturated carbocycles. The highest BCUT2D eigenvalue weighted by Gasteiger charge is 2.52. The van der Waals surface area contributed by atoms with Crippen molar-refractivity contribution in [1.82, 2.24) is 5.32 Å². The first-order valence-corrected chi connectivity index (χ1v) is 17.3. The molecule has 0 radical (unpaired) electrons. The second-order valence-electron chi connectivity index (χ2n) is 11.3. The first-order chi connectivity index (χ1) is 22.4. The molecule has 0 aromatic carbocycles. The van der Waals surface area contributed by atoms with Crippen molar-refractivity contribution < 1.29 is 94.8 Å². The van der Waals surface area contributed by atoms with E-state index in [4.69, 9.17) is 76.9 Å². The molecule has 27 heteroatoms. The SMILES string of the molecule is NCCC(O)CNC1CC(N)C(OC2OC(CN)C(O)C(O)C2O)C(O)C1OC1OC(CO)C(O)C(N)C1O.O=S(=O)(O)O.O=S(=O)(O)O. The number of hydrogen-bond donors (Lipinski definition) is 17. The van der Waals surface area contributed by atoms with Gasteiger partial charge in [-0.25, -0.2) is 0 Å². The molecule has 1 aliphatic carbocycles. The molecule has 2 saturated heterocycles. The van der Waals surface area contributed by atoms with Crippen LogP contribution in [0, 0.1) is 0 Å². The topological polar surface area (TPSA) is 464 Å². The maximum absolute atomic E-state index is 11.4. The predicted octanol–water partition coefficient (Wildman–Crippen LogP) is -9.26. The van der Waals surface area contributed by atoms with Gasteiger partial charge in [0.1, 0.15) is 61.0 Å². The molecule has 0 aromatic heterocycles. The van der Waals surface area contributed by atoms with Crippen LogP contribution in [0.2, 0.25) is 0 Å². The van der Waals surface area contributed by atoms with Crippen molar-refractivity contribution >= 4 is 20.8 Å². The fourth-order valence-corrected chi connectivity index (χ4v) is 5.14. The maximum atomic E-state index is 11.4. The highest BCUT2D eigenvalue weighted by atomic mass is 32.3. The van der Waals surface area contributed by atoms with Gasteiger partial charge in [0.05, 0.1) is 18.8 Å². The van der Waals surface area contributed by atoms with Gasteiger partial charge in [-0.3, -0.25) is 18.2 Å². The maximum Gasteiger partial charge on any atom is 0.394 e. The highest BCUT2D eigenvalue weighted by molar-refractivity contribution is 7.80. The molecule has 3 fully saturated rings. The Morgan fingerprint density at radius 2 is 1.22 bits per heavy atom. The zero-order chi connectivity index (χ0) is 38.0. The van der Waals surface area contributed by atoms with E-state index in [0.29, 0.717) is 6.42 Å². The van der Waals surface area contributed by atoms with E-state index in [1.807, 2.05) is 0 Å². The molecular weight excluding hydrogens is 718 g/mol. The van der Waals surface area contributed by atoms with Gasteiger partial charge in [0.15, 0.2) is 12.6 Å². The molecule has 21 N–H and O–H groups in total. The van der Waals surface area contributed by atoms with Gasteiger partial charge in [-0.2, -0.15) is 16.8 Å². The van der Waals surface area contributed by atoms with Gasteiger partial charge in [0, 0.05) is 25.2 Å². The summed E-state index contributed by atoms with van der Waals surface area (Å²) in [6.07, 6.45) is -17.4. The number of hydrogen-bond acceptors (Lipinski definition) is 21. The van der Waals surface area contributed by atoms with Crippen LogP contribution in [0.1, 0.15) is 12.8 Å². The van der Waals surface area contributed by atoms with Gasteiger partial charge in [0.25, 0.3) is 0 Å². The van der Waals surface area contributed by atoms with Gasteiger partial charge in [-0.05, 0) is 19.4 Å². The van der Waals surface area contributed by atoms with E-state index in [9.17, 15) is 40.9 Å². The van der Waals surface area contributed by atoms with E-state index in [0.717, 1.165) is 0 Å². The lowest BCUT2D eigenvalue weighted by molar-refractivity contribution is -0.332. The van der Waals surface area contributed by atoms with Crippen LogP contribution in [-0.4, -0.2) is 200 Å². The van der Waals surface area contributed by atoms with E-state index >= 15 is 0 Å². The molecular formula is C22H49N5O20S2. The normalized spacial score (nSPS) is 40.7. The van der Waals surface area contributed by atoms with E-state index in [-0.39, 0.29) is 26.1 Å². The van der Waals surface area contributed by atoms with E-state index < -0.39 is 125 Å². The number of nitrogens with two attached hydrogens (primary N) is 4. The molecule has 0 bridgehead atoms. The van der Waals surface area contributed by atoms with Crippen molar-refractivity contribution in [2.24, 2.45) is 22.9 Å². The molecule has 294 valence electrons. The Balaban J connectivity index is 0.00000105. The monoisotopic (exact) mass is 767 g/mol. The fraction of sp³-hybridized carbons (Fsp3) is 1.00. The summed E-state index contributed by atoms with van der Waals surface area (Å²) in [7, 11) is -9.33. The highest BCUT2D eigenvalue weighted by Crippen LogP contribution is 2.32. The molecule has 16 atom stereocenters. The third-order valence-electron chi connectivity index (χ3n) is 7.55. The van der Waals surface area contributed by atoms with E-state index in [2.05, 4.69) is 5.32 Å². The van der Waals surface area contributed by atoms with Crippen LogP contribution in [0.5, 0.6) is 0 Å². The standard InChI is InChI=1S/C22H45N5O12.2H2O4S/c23-2-1-7(29)5-27-9-3-8(25)19(38-22-17(34)16(33)14(31)10(4-24)36-22)18(35)20(9)39-21-15(32)12(26)13(30)11(6-28)37-21;2*1-5(2,3)4/h7-22,27-35H,1-6,23-26H2;2*(H2,1,2,3,4). The minimum Gasteiger partial charge on any atom is -0.394 e. The zero-order valence-corrected chi connectivity index (χ0v) is 27.4. The van der Waals surface area contributed by atoms with Crippen molar-refractivity contribution in [3.05, 3.63) is 0 Å². The summed E-state index contributed by atoms with van der Waals surface area (Å²) < 4.78 is 85.9. The van der Waals surface area contributed by atoms with Gasteiger partial charge in [0.2, 0.25) is 0 Å². The van der Waals surface area contributed by atoms with Crippen molar-refractivity contribution in [2.45, 2.75) is 111 Å². The van der Waals surface area contributed by atoms with Crippen LogP contribution in [0.4, 0.5) is 0 Å². The van der Waals surface area contributed by atoms with Gasteiger partial charge >= 0.3 is 20.8 Å². The quantitative estimate of drug-likeness (QED) is 0.0868. The Morgan fingerprint density at radius 3 is 1.71 bits per heavy atom. The summed E-state index contributed by atoms with van der Waals surface area (Å²) in [6, 6.07) is -2.85. The Labute approximate surface area is 280 Å².